The Morgan fingerprint density at radius 1 is 1.12 bits per heavy atom. The quantitative estimate of drug-likeness (QED) is 0.653. The van der Waals surface area contributed by atoms with Gasteiger partial charge in [0.05, 0.1) is 25.6 Å². The van der Waals surface area contributed by atoms with Crippen molar-refractivity contribution in [3.05, 3.63) is 64.3 Å². The molecule has 2 aromatic carbocycles. The average molecular weight is 369 g/mol. The van der Waals surface area contributed by atoms with Crippen LogP contribution in [0, 0.1) is 0 Å². The number of carbonyl (C=O) groups excluding carboxylic acids is 1. The maximum Gasteiger partial charge on any atom is 0.358 e. The molecule has 0 fully saturated rings. The second-order valence-electron chi connectivity index (χ2n) is 6.08. The fraction of sp³-hybridized carbons (Fsp3) is 0.200. The van der Waals surface area contributed by atoms with E-state index >= 15 is 0 Å². The van der Waals surface area contributed by atoms with Crippen molar-refractivity contribution in [1.82, 2.24) is 9.78 Å². The van der Waals surface area contributed by atoms with E-state index in [2.05, 4.69) is 5.10 Å². The van der Waals surface area contributed by atoms with Gasteiger partial charge < -0.3 is 9.47 Å². The fourth-order valence-corrected chi connectivity index (χ4v) is 3.59. The Kier molecular flexibility index (Phi) is 4.17. The van der Waals surface area contributed by atoms with Crippen LogP contribution in [-0.2, 0) is 17.6 Å². The number of aromatic nitrogens is 2. The van der Waals surface area contributed by atoms with Crippen molar-refractivity contribution in [1.29, 1.82) is 0 Å². The van der Waals surface area contributed by atoms with E-state index in [9.17, 15) is 4.79 Å². The van der Waals surface area contributed by atoms with Gasteiger partial charge in [-0.3, -0.25) is 0 Å². The maximum absolute atomic E-state index is 12.3. The highest BCUT2D eigenvalue weighted by atomic mass is 35.5. The summed E-state index contributed by atoms with van der Waals surface area (Å²) in [6.45, 7) is 0. The van der Waals surface area contributed by atoms with Crippen LogP contribution >= 0.6 is 11.6 Å². The zero-order valence-corrected chi connectivity index (χ0v) is 15.2. The second kappa shape index (κ2) is 6.50. The standard InChI is InChI=1S/C20H17ClN2O3/c1-25-15-7-5-14(6-8-15)23-19-16-10-4-13(21)11-12(16)3-9-17(19)18(22-23)20(24)26-2/h4-8,10-11H,3,9H2,1-2H3. The molecule has 0 saturated heterocycles. The number of benzene rings is 2. The molecule has 26 heavy (non-hydrogen) atoms. The van der Waals surface area contributed by atoms with E-state index < -0.39 is 5.97 Å². The van der Waals surface area contributed by atoms with E-state index in [1.165, 1.54) is 7.11 Å². The summed E-state index contributed by atoms with van der Waals surface area (Å²) >= 11 is 6.16. The Morgan fingerprint density at radius 3 is 2.58 bits per heavy atom. The van der Waals surface area contributed by atoms with Crippen LogP contribution in [0.15, 0.2) is 42.5 Å². The van der Waals surface area contributed by atoms with Gasteiger partial charge >= 0.3 is 5.97 Å². The van der Waals surface area contributed by atoms with Gasteiger partial charge in [-0.25, -0.2) is 9.48 Å². The molecule has 1 heterocycles. The summed E-state index contributed by atoms with van der Waals surface area (Å²) in [5.41, 5.74) is 5.21. The Balaban J connectivity index is 1.96. The van der Waals surface area contributed by atoms with Gasteiger partial charge in [-0.15, -0.1) is 0 Å². The van der Waals surface area contributed by atoms with Crippen LogP contribution in [0.3, 0.4) is 0 Å². The highest BCUT2D eigenvalue weighted by molar-refractivity contribution is 6.30. The number of methoxy groups -OCH3 is 2. The van der Waals surface area contributed by atoms with Gasteiger partial charge in [0.1, 0.15) is 5.75 Å². The van der Waals surface area contributed by atoms with Gasteiger partial charge in [-0.05, 0) is 54.8 Å². The predicted octanol–water partition coefficient (Wildman–Crippen LogP) is 4.09. The molecule has 0 radical (unpaired) electrons. The number of rotatable bonds is 3. The molecule has 4 rings (SSSR count). The molecule has 0 aliphatic heterocycles. The first-order chi connectivity index (χ1) is 12.6. The number of halogens is 1. The summed E-state index contributed by atoms with van der Waals surface area (Å²) in [7, 11) is 3.00. The highest BCUT2D eigenvalue weighted by Crippen LogP contribution is 2.38. The van der Waals surface area contributed by atoms with Gasteiger partial charge in [0.15, 0.2) is 5.69 Å². The lowest BCUT2D eigenvalue weighted by Gasteiger charge is -2.19. The van der Waals surface area contributed by atoms with Crippen molar-refractivity contribution in [2.24, 2.45) is 0 Å². The first-order valence-corrected chi connectivity index (χ1v) is 8.63. The van der Waals surface area contributed by atoms with E-state index in [-0.39, 0.29) is 0 Å². The molecular weight excluding hydrogens is 352 g/mol. The lowest BCUT2D eigenvalue weighted by molar-refractivity contribution is 0.0592. The fourth-order valence-electron chi connectivity index (χ4n) is 3.39. The Bertz CT molecular complexity index is 993. The molecule has 0 amide bonds. The van der Waals surface area contributed by atoms with E-state index in [1.54, 1.807) is 11.8 Å². The molecule has 5 nitrogen and oxygen atoms in total. The third-order valence-electron chi connectivity index (χ3n) is 4.65. The number of ether oxygens (including phenoxy) is 2. The summed E-state index contributed by atoms with van der Waals surface area (Å²) in [6.07, 6.45) is 1.52. The molecule has 132 valence electrons. The zero-order chi connectivity index (χ0) is 18.3. The summed E-state index contributed by atoms with van der Waals surface area (Å²) in [5.74, 6) is 0.334. The average Bonchev–Trinajstić information content (AvgIpc) is 3.07. The summed E-state index contributed by atoms with van der Waals surface area (Å²) in [5, 5.41) is 5.28. The molecule has 0 atom stereocenters. The van der Waals surface area contributed by atoms with Crippen molar-refractivity contribution in [2.45, 2.75) is 12.8 Å². The zero-order valence-electron chi connectivity index (χ0n) is 14.5. The van der Waals surface area contributed by atoms with Gasteiger partial charge in [0, 0.05) is 16.1 Å². The minimum absolute atomic E-state index is 0.360. The number of hydrogen-bond acceptors (Lipinski definition) is 4. The number of nitrogens with zero attached hydrogens (tertiary/aromatic N) is 2. The highest BCUT2D eigenvalue weighted by Gasteiger charge is 2.29. The van der Waals surface area contributed by atoms with Gasteiger partial charge in [-0.2, -0.15) is 5.10 Å². The monoisotopic (exact) mass is 368 g/mol. The molecule has 0 spiro atoms. The van der Waals surface area contributed by atoms with Crippen LogP contribution < -0.4 is 4.74 Å². The van der Waals surface area contributed by atoms with Gasteiger partial charge in [0.25, 0.3) is 0 Å². The van der Waals surface area contributed by atoms with E-state index in [4.69, 9.17) is 21.1 Å². The third kappa shape index (κ3) is 2.65. The van der Waals surface area contributed by atoms with Crippen molar-refractivity contribution in [3.8, 4) is 22.7 Å². The lowest BCUT2D eigenvalue weighted by atomic mass is 9.89. The molecule has 0 bridgehead atoms. The SMILES string of the molecule is COC(=O)c1nn(-c2ccc(OC)cc2)c2c1CCc1cc(Cl)ccc1-2. The van der Waals surface area contributed by atoms with Crippen LogP contribution in [-0.4, -0.2) is 30.0 Å². The van der Waals surface area contributed by atoms with E-state index in [0.29, 0.717) is 17.1 Å². The second-order valence-corrected chi connectivity index (χ2v) is 6.52. The largest absolute Gasteiger partial charge is 0.497 e. The topological polar surface area (TPSA) is 53.3 Å². The van der Waals surface area contributed by atoms with E-state index in [1.807, 2.05) is 42.5 Å². The maximum atomic E-state index is 12.3. The third-order valence-corrected chi connectivity index (χ3v) is 4.88. The smallest absolute Gasteiger partial charge is 0.358 e. The van der Waals surface area contributed by atoms with Gasteiger partial charge in [0.2, 0.25) is 0 Å². The molecule has 1 aliphatic rings. The Hall–Kier alpha value is -2.79. The molecule has 1 aliphatic carbocycles. The van der Waals surface area contributed by atoms with Crippen molar-refractivity contribution in [3.63, 3.8) is 0 Å². The Labute approximate surface area is 156 Å². The number of esters is 1. The minimum atomic E-state index is -0.425. The van der Waals surface area contributed by atoms with Crippen molar-refractivity contribution < 1.29 is 14.3 Å². The molecule has 0 unspecified atom stereocenters. The molecule has 3 aromatic rings. The van der Waals surface area contributed by atoms with Gasteiger partial charge in [-0.1, -0.05) is 17.7 Å². The van der Waals surface area contributed by atoms with Crippen molar-refractivity contribution in [2.75, 3.05) is 14.2 Å². The number of aryl methyl sites for hydroxylation is 1. The lowest BCUT2D eigenvalue weighted by Crippen LogP contribution is -2.09. The predicted molar refractivity (Wildman–Crippen MR) is 99.3 cm³/mol. The molecule has 6 heteroatoms. The first kappa shape index (κ1) is 16.7. The van der Waals surface area contributed by atoms with Crippen LogP contribution in [0.2, 0.25) is 5.02 Å². The molecular formula is C20H17ClN2O3. The van der Waals surface area contributed by atoms with Crippen molar-refractivity contribution >= 4 is 17.6 Å². The summed E-state index contributed by atoms with van der Waals surface area (Å²) in [4.78, 5) is 12.3. The normalized spacial score (nSPS) is 12.3. The van der Waals surface area contributed by atoms with Crippen LogP contribution in [0.25, 0.3) is 16.9 Å². The molecule has 0 saturated carbocycles. The molecule has 1 aromatic heterocycles. The van der Waals surface area contributed by atoms with E-state index in [0.717, 1.165) is 40.2 Å². The minimum Gasteiger partial charge on any atom is -0.497 e. The molecule has 0 N–H and O–H groups in total. The van der Waals surface area contributed by atoms with Crippen LogP contribution in [0.5, 0.6) is 5.75 Å². The first-order valence-electron chi connectivity index (χ1n) is 8.26. The number of hydrogen-bond donors (Lipinski definition) is 0. The summed E-state index contributed by atoms with van der Waals surface area (Å²) in [6, 6.07) is 13.4. The van der Waals surface area contributed by atoms with Crippen LogP contribution in [0.1, 0.15) is 21.6 Å². The summed E-state index contributed by atoms with van der Waals surface area (Å²) < 4.78 is 12.0. The number of carbonyl (C=O) groups is 1. The van der Waals surface area contributed by atoms with Crippen LogP contribution in [0.4, 0.5) is 0 Å². The Morgan fingerprint density at radius 2 is 1.88 bits per heavy atom. The number of fused-ring (bicyclic) bond motifs is 3.